The summed E-state index contributed by atoms with van der Waals surface area (Å²) in [4.78, 5) is 6.80. The number of nitrogens with zero attached hydrogens (tertiary/aromatic N) is 1. The highest BCUT2D eigenvalue weighted by molar-refractivity contribution is 7.29. The van der Waals surface area contributed by atoms with Crippen LogP contribution >= 0.6 is 11.3 Å². The summed E-state index contributed by atoms with van der Waals surface area (Å²) < 4.78 is 2.88. The number of hydrogen-bond acceptors (Lipinski definition) is 2. The summed E-state index contributed by atoms with van der Waals surface area (Å²) in [6, 6.07) is 45.2. The highest BCUT2D eigenvalue weighted by atomic mass is 32.1. The van der Waals surface area contributed by atoms with E-state index < -0.39 is 0 Å². The maximum absolute atomic E-state index is 4.05. The number of fused-ring (bicyclic) bond motifs is 14. The lowest BCUT2D eigenvalue weighted by molar-refractivity contribution is 0.332. The smallest absolute Gasteiger partial charge is 0.211 e. The van der Waals surface area contributed by atoms with Crippen molar-refractivity contribution in [3.05, 3.63) is 149 Å². The molecule has 0 atom stereocenters. The van der Waals surface area contributed by atoms with E-state index >= 15 is 0 Å². The molecule has 7 aromatic carbocycles. The molecule has 1 aliphatic heterocycles. The van der Waals surface area contributed by atoms with Gasteiger partial charge in [-0.15, -0.1) is 11.3 Å². The van der Waals surface area contributed by atoms with Gasteiger partial charge in [-0.3, -0.25) is 0 Å². The summed E-state index contributed by atoms with van der Waals surface area (Å²) in [5.41, 5.74) is 22.5. The van der Waals surface area contributed by atoms with E-state index in [4.69, 9.17) is 0 Å². The molecular weight excluding hydrogens is 804 g/mol. The van der Waals surface area contributed by atoms with E-state index in [2.05, 4.69) is 194 Å². The second-order valence-electron chi connectivity index (χ2n) is 23.5. The van der Waals surface area contributed by atoms with Crippen LogP contribution in [0.2, 0.25) is 0 Å². The lowest BCUT2D eigenvalue weighted by atomic mass is 9.59. The summed E-state index contributed by atoms with van der Waals surface area (Å²) >= 11 is 2.05. The van der Waals surface area contributed by atoms with Crippen molar-refractivity contribution in [1.82, 2.24) is 4.98 Å². The molecule has 9 aromatic rings. The van der Waals surface area contributed by atoms with Crippen molar-refractivity contribution in [3.63, 3.8) is 0 Å². The molecule has 0 radical (unpaired) electrons. The van der Waals surface area contributed by atoms with Gasteiger partial charge in [-0.05, 0) is 155 Å². The van der Waals surface area contributed by atoms with Gasteiger partial charge in [0.2, 0.25) is 7.28 Å². The van der Waals surface area contributed by atoms with Crippen LogP contribution in [-0.4, -0.2) is 12.3 Å². The number of aromatic nitrogens is 1. The van der Waals surface area contributed by atoms with E-state index in [0.29, 0.717) is 0 Å². The number of rotatable bonds is 2. The minimum absolute atomic E-state index is 0.0786. The molecule has 0 saturated heterocycles. The van der Waals surface area contributed by atoms with E-state index in [1.54, 1.807) is 0 Å². The Bertz CT molecular complexity index is 3570. The van der Waals surface area contributed by atoms with E-state index in [1.807, 2.05) is 11.3 Å². The van der Waals surface area contributed by atoms with Gasteiger partial charge in [0.1, 0.15) is 0 Å². The topological polar surface area (TPSA) is 19.0 Å². The number of thiophene rings is 1. The Hall–Kier alpha value is -5.58. The Labute approximate surface area is 389 Å². The Morgan fingerprint density at radius 3 is 1.95 bits per heavy atom. The molecule has 65 heavy (non-hydrogen) atoms. The second-order valence-corrected chi connectivity index (χ2v) is 24.6. The monoisotopic (exact) mass is 862 g/mol. The molecule has 0 saturated carbocycles. The summed E-state index contributed by atoms with van der Waals surface area (Å²) in [7, 11) is 0.885. The molecule has 1 N–H and O–H groups in total. The van der Waals surface area contributed by atoms with E-state index in [0.717, 1.165) is 7.28 Å². The van der Waals surface area contributed by atoms with Crippen molar-refractivity contribution in [1.29, 1.82) is 0 Å². The highest BCUT2D eigenvalue weighted by Gasteiger charge is 2.44. The van der Waals surface area contributed by atoms with Crippen molar-refractivity contribution in [2.24, 2.45) is 0 Å². The van der Waals surface area contributed by atoms with Crippen LogP contribution in [0.15, 0.2) is 115 Å². The zero-order valence-corrected chi connectivity index (χ0v) is 40.7. The lowest BCUT2D eigenvalue weighted by Gasteiger charge is -2.43. The van der Waals surface area contributed by atoms with Gasteiger partial charge in [0, 0.05) is 48.7 Å². The fourth-order valence-corrected chi connectivity index (χ4v) is 14.6. The molecule has 0 amide bonds. The molecule has 322 valence electrons. The number of hydrogen-bond donors (Lipinski definition) is 1. The zero-order chi connectivity index (χ0) is 44.7. The van der Waals surface area contributed by atoms with Crippen LogP contribution in [0, 0.1) is 0 Å². The number of para-hydroxylation sites is 1. The quantitative estimate of drug-likeness (QED) is 0.172. The van der Waals surface area contributed by atoms with Gasteiger partial charge in [-0.1, -0.05) is 148 Å². The summed E-state index contributed by atoms with van der Waals surface area (Å²) in [6.07, 6.45) is 4.80. The summed E-state index contributed by atoms with van der Waals surface area (Å²) in [6.45, 7) is 24.7. The summed E-state index contributed by atoms with van der Waals surface area (Å²) in [5, 5.41) is 6.59. The fourth-order valence-electron chi connectivity index (χ4n) is 13.4. The third-order valence-electron chi connectivity index (χ3n) is 17.3. The second kappa shape index (κ2) is 12.9. The molecule has 2 aromatic heterocycles. The molecule has 4 aliphatic rings. The predicted octanol–water partition coefficient (Wildman–Crippen LogP) is 15.5. The molecule has 4 heteroatoms. The van der Waals surface area contributed by atoms with Gasteiger partial charge in [0.25, 0.3) is 0 Å². The Kier molecular flexibility index (Phi) is 7.86. The standard InChI is InChI=1S/C61H59BN2S/c1-57(2)26-27-58(3,4)44-30-35(23-24-43(44)57)64-48-32-40-37-18-13-14-21-42(37)61(9,10)52(40)51(39-20-15-19-38-50-36-17-12-11-16-34(36)22-25-47(50)63-54(38)39)53(48)62-56-55(64)41-31-45-46(33-49(41)65-56)60(7,8)29-28-59(45,5)6/h11-25,30-33,62-63H,26-29H2,1-10H3. The lowest BCUT2D eigenvalue weighted by Crippen LogP contribution is -2.40. The van der Waals surface area contributed by atoms with Crippen molar-refractivity contribution in [2.45, 2.75) is 122 Å². The van der Waals surface area contributed by atoms with Gasteiger partial charge in [0.15, 0.2) is 0 Å². The molecule has 13 rings (SSSR count). The van der Waals surface area contributed by atoms with Crippen LogP contribution < -0.4 is 15.1 Å². The average Bonchev–Trinajstić information content (AvgIpc) is 3.92. The highest BCUT2D eigenvalue weighted by Crippen LogP contribution is 2.57. The normalized spacial score (nSPS) is 19.1. The zero-order valence-electron chi connectivity index (χ0n) is 39.9. The van der Waals surface area contributed by atoms with Crippen LogP contribution in [0.5, 0.6) is 0 Å². The van der Waals surface area contributed by atoms with Crippen molar-refractivity contribution < 1.29 is 0 Å². The Morgan fingerprint density at radius 1 is 0.538 bits per heavy atom. The largest absolute Gasteiger partial charge is 0.354 e. The molecule has 0 fully saturated rings. The number of nitrogens with one attached hydrogen (secondary N) is 1. The van der Waals surface area contributed by atoms with Crippen molar-refractivity contribution in [3.8, 4) is 22.3 Å². The molecule has 0 spiro atoms. The van der Waals surface area contributed by atoms with E-state index in [-0.39, 0.29) is 27.1 Å². The number of benzene rings is 7. The third kappa shape index (κ3) is 5.35. The van der Waals surface area contributed by atoms with Crippen LogP contribution in [0.3, 0.4) is 0 Å². The van der Waals surface area contributed by atoms with Gasteiger partial charge in [-0.25, -0.2) is 0 Å². The van der Waals surface area contributed by atoms with Gasteiger partial charge in [-0.2, -0.15) is 0 Å². The maximum Gasteiger partial charge on any atom is 0.211 e. The van der Waals surface area contributed by atoms with E-state index in [1.165, 1.54) is 151 Å². The first kappa shape index (κ1) is 39.8. The fraction of sp³-hybridized carbons (Fsp3) is 0.311. The minimum Gasteiger partial charge on any atom is -0.354 e. The van der Waals surface area contributed by atoms with Crippen LogP contribution in [0.4, 0.5) is 17.1 Å². The number of anilines is 3. The van der Waals surface area contributed by atoms with Gasteiger partial charge >= 0.3 is 0 Å². The van der Waals surface area contributed by atoms with Crippen LogP contribution in [0.25, 0.3) is 64.9 Å². The summed E-state index contributed by atoms with van der Waals surface area (Å²) in [5.74, 6) is 0. The van der Waals surface area contributed by atoms with Gasteiger partial charge < -0.3 is 9.88 Å². The van der Waals surface area contributed by atoms with Crippen molar-refractivity contribution >= 4 is 88.6 Å². The van der Waals surface area contributed by atoms with Gasteiger partial charge in [0.05, 0.1) is 11.2 Å². The first-order valence-electron chi connectivity index (χ1n) is 24.2. The number of H-pyrrole nitrogens is 1. The maximum atomic E-state index is 4.05. The number of aromatic amines is 1. The SMILES string of the molecule is CC1(C)CCC(C)(C)c2cc(N3c4cc5c(c(-c6cccc7c6[nH]c6ccc8ccccc8c67)c4Bc4sc6cc7c(cc6c43)C(C)(C)CCC7(C)C)C(C)(C)c3ccccc3-5)ccc21. The first-order chi connectivity index (χ1) is 30.9. The predicted molar refractivity (Wildman–Crippen MR) is 283 cm³/mol. The Morgan fingerprint density at radius 2 is 1.18 bits per heavy atom. The molecule has 0 unspecified atom stereocenters. The van der Waals surface area contributed by atoms with Crippen molar-refractivity contribution in [2.75, 3.05) is 4.90 Å². The molecule has 0 bridgehead atoms. The first-order valence-corrected chi connectivity index (χ1v) is 25.0. The van der Waals surface area contributed by atoms with E-state index in [9.17, 15) is 0 Å². The molecule has 2 nitrogen and oxygen atoms in total. The third-order valence-corrected chi connectivity index (χ3v) is 18.5. The Balaban J connectivity index is 1.17. The van der Waals surface area contributed by atoms with Crippen LogP contribution in [0.1, 0.15) is 128 Å². The molecule has 3 aliphatic carbocycles. The molecular formula is C61H59BN2S. The average molecular weight is 863 g/mol. The van der Waals surface area contributed by atoms with Crippen LogP contribution in [-0.2, 0) is 27.1 Å². The minimum atomic E-state index is -0.208. The molecule has 3 heterocycles.